The fourth-order valence-electron chi connectivity index (χ4n) is 2.97. The Bertz CT molecular complexity index is 1310. The van der Waals surface area contributed by atoms with Crippen molar-refractivity contribution >= 4 is 26.7 Å². The van der Waals surface area contributed by atoms with Crippen molar-refractivity contribution in [1.82, 2.24) is 4.98 Å². The van der Waals surface area contributed by atoms with E-state index in [4.69, 9.17) is 4.42 Å². The van der Waals surface area contributed by atoms with Gasteiger partial charge < -0.3 is 4.42 Å². The average molecular weight is 392 g/mol. The first kappa shape index (κ1) is 17.9. The second kappa shape index (κ2) is 6.94. The third kappa shape index (κ3) is 3.65. The van der Waals surface area contributed by atoms with Crippen LogP contribution in [0.15, 0.2) is 82.5 Å². The van der Waals surface area contributed by atoms with E-state index in [0.29, 0.717) is 27.8 Å². The van der Waals surface area contributed by atoms with E-state index in [1.165, 1.54) is 6.26 Å². The zero-order chi connectivity index (χ0) is 19.7. The molecule has 0 unspecified atom stereocenters. The van der Waals surface area contributed by atoms with Gasteiger partial charge in [0.1, 0.15) is 11.8 Å². The summed E-state index contributed by atoms with van der Waals surface area (Å²) in [6, 6.07) is 15.8. The van der Waals surface area contributed by atoms with Crippen LogP contribution in [-0.2, 0) is 10.0 Å². The van der Waals surface area contributed by atoms with E-state index in [1.54, 1.807) is 42.7 Å². The van der Waals surface area contributed by atoms with Crippen LogP contribution in [0.5, 0.6) is 0 Å². The molecule has 0 amide bonds. The van der Waals surface area contributed by atoms with Gasteiger partial charge in [-0.25, -0.2) is 8.42 Å². The zero-order valence-electron chi connectivity index (χ0n) is 14.9. The number of nitrogens with one attached hydrogen (secondary N) is 1. The van der Waals surface area contributed by atoms with Gasteiger partial charge in [-0.05, 0) is 41.5 Å². The molecule has 0 saturated heterocycles. The third-order valence-electron chi connectivity index (χ3n) is 4.27. The van der Waals surface area contributed by atoms with Gasteiger partial charge in [0.25, 0.3) is 0 Å². The summed E-state index contributed by atoms with van der Waals surface area (Å²) in [5.74, 6) is 0. The number of benzene rings is 2. The van der Waals surface area contributed by atoms with Crippen molar-refractivity contribution in [2.45, 2.75) is 0 Å². The van der Waals surface area contributed by atoms with Gasteiger partial charge in [0.2, 0.25) is 10.0 Å². The standard InChI is InChI=1S/C21H16N2O4S/c1-28(25,26)23-17-7-4-14(5-8-17)19-13-27-20-11-15(6-9-18(20)21(19)24)16-3-2-10-22-12-16/h2-13,23H,1H3. The Morgan fingerprint density at radius 3 is 2.39 bits per heavy atom. The van der Waals surface area contributed by atoms with Crippen LogP contribution < -0.4 is 10.2 Å². The fourth-order valence-corrected chi connectivity index (χ4v) is 3.54. The lowest BCUT2D eigenvalue weighted by Crippen LogP contribution is -2.09. The first-order chi connectivity index (χ1) is 13.4. The van der Waals surface area contributed by atoms with Crippen molar-refractivity contribution in [3.63, 3.8) is 0 Å². The molecule has 0 aliphatic heterocycles. The van der Waals surface area contributed by atoms with Crippen LogP contribution in [0.3, 0.4) is 0 Å². The summed E-state index contributed by atoms with van der Waals surface area (Å²) in [5, 5.41) is 0.475. The van der Waals surface area contributed by atoms with E-state index in [9.17, 15) is 13.2 Å². The first-order valence-electron chi connectivity index (χ1n) is 8.45. The van der Waals surface area contributed by atoms with Gasteiger partial charge in [0.05, 0.1) is 17.2 Å². The van der Waals surface area contributed by atoms with Gasteiger partial charge in [0.15, 0.2) is 5.43 Å². The lowest BCUT2D eigenvalue weighted by atomic mass is 10.0. The molecule has 0 spiro atoms. The molecule has 4 aromatic rings. The molecule has 0 bridgehead atoms. The zero-order valence-corrected chi connectivity index (χ0v) is 15.7. The van der Waals surface area contributed by atoms with E-state index in [2.05, 4.69) is 9.71 Å². The van der Waals surface area contributed by atoms with E-state index in [0.717, 1.165) is 17.4 Å². The third-order valence-corrected chi connectivity index (χ3v) is 4.88. The molecule has 0 atom stereocenters. The number of anilines is 1. The molecule has 0 aliphatic carbocycles. The molecular formula is C21H16N2O4S. The summed E-state index contributed by atoms with van der Waals surface area (Å²) in [5.41, 5.74) is 3.67. The number of hydrogen-bond acceptors (Lipinski definition) is 5. The average Bonchev–Trinajstić information content (AvgIpc) is 2.68. The molecule has 1 N–H and O–H groups in total. The Morgan fingerprint density at radius 1 is 0.964 bits per heavy atom. The highest BCUT2D eigenvalue weighted by molar-refractivity contribution is 7.92. The fraction of sp³-hybridized carbons (Fsp3) is 0.0476. The monoisotopic (exact) mass is 392 g/mol. The molecule has 0 fully saturated rings. The molecule has 2 aromatic carbocycles. The molecule has 6 nitrogen and oxygen atoms in total. The Hall–Kier alpha value is -3.45. The number of sulfonamides is 1. The van der Waals surface area contributed by atoms with Crippen molar-refractivity contribution < 1.29 is 12.8 Å². The number of rotatable bonds is 4. The van der Waals surface area contributed by atoms with Gasteiger partial charge in [0, 0.05) is 23.6 Å². The van der Waals surface area contributed by atoms with Gasteiger partial charge in [-0.2, -0.15) is 0 Å². The van der Waals surface area contributed by atoms with E-state index in [1.807, 2.05) is 24.3 Å². The molecular weight excluding hydrogens is 376 g/mol. The minimum absolute atomic E-state index is 0.150. The maximum Gasteiger partial charge on any atom is 0.229 e. The maximum atomic E-state index is 12.9. The normalized spacial score (nSPS) is 11.5. The minimum Gasteiger partial charge on any atom is -0.463 e. The van der Waals surface area contributed by atoms with Crippen LogP contribution >= 0.6 is 0 Å². The Morgan fingerprint density at radius 2 is 1.71 bits per heavy atom. The topological polar surface area (TPSA) is 89.3 Å². The lowest BCUT2D eigenvalue weighted by molar-refractivity contribution is 0.604. The molecule has 7 heteroatoms. The molecule has 0 aliphatic rings. The summed E-state index contributed by atoms with van der Waals surface area (Å²) >= 11 is 0. The van der Waals surface area contributed by atoms with Gasteiger partial charge >= 0.3 is 0 Å². The smallest absolute Gasteiger partial charge is 0.229 e. The number of fused-ring (bicyclic) bond motifs is 1. The van der Waals surface area contributed by atoms with Crippen LogP contribution in [0.4, 0.5) is 5.69 Å². The Labute approximate surface area is 161 Å². The highest BCUT2D eigenvalue weighted by Crippen LogP contribution is 2.25. The van der Waals surface area contributed by atoms with Crippen molar-refractivity contribution in [3.8, 4) is 22.3 Å². The lowest BCUT2D eigenvalue weighted by Gasteiger charge is -2.07. The van der Waals surface area contributed by atoms with Crippen LogP contribution in [0.2, 0.25) is 0 Å². The van der Waals surface area contributed by atoms with E-state index >= 15 is 0 Å². The number of pyridine rings is 1. The van der Waals surface area contributed by atoms with Crippen molar-refractivity contribution in [2.75, 3.05) is 11.0 Å². The molecule has 140 valence electrons. The predicted molar refractivity (Wildman–Crippen MR) is 110 cm³/mol. The van der Waals surface area contributed by atoms with E-state index in [-0.39, 0.29) is 5.43 Å². The summed E-state index contributed by atoms with van der Waals surface area (Å²) in [7, 11) is -3.35. The summed E-state index contributed by atoms with van der Waals surface area (Å²) in [6.07, 6.45) is 5.96. The molecule has 0 radical (unpaired) electrons. The summed E-state index contributed by atoms with van der Waals surface area (Å²) in [4.78, 5) is 17.0. The van der Waals surface area contributed by atoms with Crippen LogP contribution in [0.1, 0.15) is 0 Å². The van der Waals surface area contributed by atoms with Gasteiger partial charge in [-0.1, -0.05) is 24.3 Å². The van der Waals surface area contributed by atoms with Crippen LogP contribution in [-0.4, -0.2) is 19.7 Å². The highest BCUT2D eigenvalue weighted by Gasteiger charge is 2.11. The van der Waals surface area contributed by atoms with Crippen molar-refractivity contribution in [3.05, 3.63) is 83.5 Å². The van der Waals surface area contributed by atoms with Crippen LogP contribution in [0.25, 0.3) is 33.2 Å². The number of hydrogen-bond donors (Lipinski definition) is 1. The molecule has 0 saturated carbocycles. The quantitative estimate of drug-likeness (QED) is 0.569. The Balaban J connectivity index is 1.73. The second-order valence-electron chi connectivity index (χ2n) is 6.38. The molecule has 28 heavy (non-hydrogen) atoms. The molecule has 4 rings (SSSR count). The van der Waals surface area contributed by atoms with Gasteiger partial charge in [-0.3, -0.25) is 14.5 Å². The summed E-state index contributed by atoms with van der Waals surface area (Å²) < 4.78 is 30.7. The number of aromatic nitrogens is 1. The molecule has 2 heterocycles. The number of nitrogens with zero attached hydrogens (tertiary/aromatic N) is 1. The Kier molecular flexibility index (Phi) is 4.44. The first-order valence-corrected chi connectivity index (χ1v) is 10.3. The van der Waals surface area contributed by atoms with Gasteiger partial charge in [-0.15, -0.1) is 0 Å². The van der Waals surface area contributed by atoms with E-state index < -0.39 is 10.0 Å². The SMILES string of the molecule is CS(=O)(=O)Nc1ccc(-c2coc3cc(-c4cccnc4)ccc3c2=O)cc1. The van der Waals surface area contributed by atoms with Crippen LogP contribution in [0, 0.1) is 0 Å². The van der Waals surface area contributed by atoms with Crippen molar-refractivity contribution in [1.29, 1.82) is 0 Å². The summed E-state index contributed by atoms with van der Waals surface area (Å²) in [6.45, 7) is 0. The molecule has 2 aromatic heterocycles. The minimum atomic E-state index is -3.35. The maximum absolute atomic E-state index is 12.9. The largest absolute Gasteiger partial charge is 0.463 e. The second-order valence-corrected chi connectivity index (χ2v) is 8.13. The van der Waals surface area contributed by atoms with Crippen molar-refractivity contribution in [2.24, 2.45) is 0 Å². The predicted octanol–water partition coefficient (Wildman–Crippen LogP) is 3.89. The highest BCUT2D eigenvalue weighted by atomic mass is 32.2.